The summed E-state index contributed by atoms with van der Waals surface area (Å²) in [5.74, 6) is 2.69. The second-order valence-corrected chi connectivity index (χ2v) is 4.86. The maximum absolute atomic E-state index is 5.96. The zero-order valence-electron chi connectivity index (χ0n) is 11.1. The average molecular weight is 258 g/mol. The van der Waals surface area contributed by atoms with Gasteiger partial charge in [-0.1, -0.05) is 6.42 Å². The van der Waals surface area contributed by atoms with Gasteiger partial charge in [-0.05, 0) is 31.0 Å². The van der Waals surface area contributed by atoms with E-state index in [0.29, 0.717) is 11.4 Å². The van der Waals surface area contributed by atoms with Crippen LogP contribution in [0.25, 0.3) is 11.4 Å². The smallest absolute Gasteiger partial charge is 0.164 e. The van der Waals surface area contributed by atoms with Crippen molar-refractivity contribution in [1.29, 1.82) is 0 Å². The number of aryl methyl sites for hydroxylation is 1. The van der Waals surface area contributed by atoms with Gasteiger partial charge in [0.15, 0.2) is 5.82 Å². The van der Waals surface area contributed by atoms with E-state index in [2.05, 4.69) is 14.8 Å². The molecule has 1 aliphatic heterocycles. The molecule has 1 aromatic carbocycles. The lowest BCUT2D eigenvalue weighted by Gasteiger charge is -2.09. The first-order chi connectivity index (χ1) is 9.29. The molecular weight excluding hydrogens is 240 g/mol. The minimum atomic E-state index is 0.631. The molecule has 5 nitrogen and oxygen atoms in total. The van der Waals surface area contributed by atoms with Crippen molar-refractivity contribution in [3.05, 3.63) is 24.0 Å². The Bertz CT molecular complexity index is 591. The third kappa shape index (κ3) is 2.16. The normalized spacial score (nSPS) is 14.8. The molecule has 0 radical (unpaired) electrons. The lowest BCUT2D eigenvalue weighted by molar-refractivity contribution is 0.417. The van der Waals surface area contributed by atoms with Gasteiger partial charge in [0, 0.05) is 18.5 Å². The Morgan fingerprint density at radius 3 is 2.89 bits per heavy atom. The summed E-state index contributed by atoms with van der Waals surface area (Å²) in [7, 11) is 1.62. The maximum Gasteiger partial charge on any atom is 0.164 e. The van der Waals surface area contributed by atoms with E-state index in [1.807, 2.05) is 18.2 Å². The van der Waals surface area contributed by atoms with Gasteiger partial charge in [-0.15, -0.1) is 10.2 Å². The fourth-order valence-electron chi connectivity index (χ4n) is 2.57. The fourth-order valence-corrected chi connectivity index (χ4v) is 2.57. The molecule has 2 heterocycles. The summed E-state index contributed by atoms with van der Waals surface area (Å²) in [4.78, 5) is 0. The van der Waals surface area contributed by atoms with Crippen LogP contribution in [-0.4, -0.2) is 21.9 Å². The van der Waals surface area contributed by atoms with E-state index in [4.69, 9.17) is 10.5 Å². The predicted molar refractivity (Wildman–Crippen MR) is 74.0 cm³/mol. The van der Waals surface area contributed by atoms with Crippen LogP contribution in [0, 0.1) is 0 Å². The minimum absolute atomic E-state index is 0.631. The lowest BCUT2D eigenvalue weighted by Crippen LogP contribution is -2.03. The molecule has 0 spiro atoms. The number of fused-ring (bicyclic) bond motifs is 1. The minimum Gasteiger partial charge on any atom is -0.495 e. The number of nitrogens with zero attached hydrogens (tertiary/aromatic N) is 3. The van der Waals surface area contributed by atoms with Crippen LogP contribution in [0.3, 0.4) is 0 Å². The van der Waals surface area contributed by atoms with Crippen LogP contribution in [-0.2, 0) is 13.0 Å². The first-order valence-corrected chi connectivity index (χ1v) is 6.65. The van der Waals surface area contributed by atoms with Gasteiger partial charge in [0.25, 0.3) is 0 Å². The Morgan fingerprint density at radius 1 is 1.21 bits per heavy atom. The quantitative estimate of drug-likeness (QED) is 0.839. The number of nitrogen functional groups attached to an aromatic ring is 1. The summed E-state index contributed by atoms with van der Waals surface area (Å²) >= 11 is 0. The third-order valence-electron chi connectivity index (χ3n) is 3.60. The summed E-state index contributed by atoms with van der Waals surface area (Å²) in [6.45, 7) is 0.990. The molecule has 5 heteroatoms. The van der Waals surface area contributed by atoms with Crippen LogP contribution < -0.4 is 10.5 Å². The van der Waals surface area contributed by atoms with Gasteiger partial charge in [-0.2, -0.15) is 0 Å². The molecule has 0 fully saturated rings. The zero-order chi connectivity index (χ0) is 13.2. The number of ether oxygens (including phenoxy) is 1. The Hall–Kier alpha value is -2.04. The largest absolute Gasteiger partial charge is 0.495 e. The number of aromatic nitrogens is 3. The summed E-state index contributed by atoms with van der Waals surface area (Å²) in [5, 5.41) is 8.63. The SMILES string of the molecule is COc1ccc(-c2nnc3n2CCCCC3)cc1N. The highest BCUT2D eigenvalue weighted by Crippen LogP contribution is 2.28. The van der Waals surface area contributed by atoms with Gasteiger partial charge < -0.3 is 15.0 Å². The Morgan fingerprint density at radius 2 is 2.11 bits per heavy atom. The van der Waals surface area contributed by atoms with E-state index >= 15 is 0 Å². The number of rotatable bonds is 2. The Kier molecular flexibility index (Phi) is 3.11. The number of methoxy groups -OCH3 is 1. The Balaban J connectivity index is 2.02. The molecule has 100 valence electrons. The van der Waals surface area contributed by atoms with E-state index in [0.717, 1.165) is 30.2 Å². The van der Waals surface area contributed by atoms with Gasteiger partial charge in [0.1, 0.15) is 11.6 Å². The summed E-state index contributed by atoms with van der Waals surface area (Å²) in [6, 6.07) is 5.77. The molecule has 0 unspecified atom stereocenters. The Labute approximate surface area is 112 Å². The number of hydrogen-bond acceptors (Lipinski definition) is 4. The average Bonchev–Trinajstić information content (AvgIpc) is 2.67. The zero-order valence-corrected chi connectivity index (χ0v) is 11.1. The topological polar surface area (TPSA) is 66.0 Å². The van der Waals surface area contributed by atoms with E-state index in [9.17, 15) is 0 Å². The highest BCUT2D eigenvalue weighted by atomic mass is 16.5. The van der Waals surface area contributed by atoms with E-state index in [1.54, 1.807) is 7.11 Å². The third-order valence-corrected chi connectivity index (χ3v) is 3.60. The van der Waals surface area contributed by atoms with Crippen LogP contribution in [0.4, 0.5) is 5.69 Å². The van der Waals surface area contributed by atoms with Crippen molar-refractivity contribution in [2.45, 2.75) is 32.2 Å². The maximum atomic E-state index is 5.96. The highest BCUT2D eigenvalue weighted by Gasteiger charge is 2.16. The van der Waals surface area contributed by atoms with Crippen molar-refractivity contribution in [1.82, 2.24) is 14.8 Å². The number of hydrogen-bond donors (Lipinski definition) is 1. The van der Waals surface area contributed by atoms with Gasteiger partial charge in [-0.3, -0.25) is 0 Å². The molecule has 0 aliphatic carbocycles. The second-order valence-electron chi connectivity index (χ2n) is 4.86. The molecule has 2 aromatic rings. The van der Waals surface area contributed by atoms with Crippen molar-refractivity contribution in [2.75, 3.05) is 12.8 Å². The van der Waals surface area contributed by atoms with Gasteiger partial charge >= 0.3 is 0 Å². The van der Waals surface area contributed by atoms with Crippen molar-refractivity contribution >= 4 is 5.69 Å². The van der Waals surface area contributed by atoms with Crippen molar-refractivity contribution in [3.63, 3.8) is 0 Å². The van der Waals surface area contributed by atoms with Crippen molar-refractivity contribution in [2.24, 2.45) is 0 Å². The molecule has 3 rings (SSSR count). The highest BCUT2D eigenvalue weighted by molar-refractivity contribution is 5.66. The number of benzene rings is 1. The van der Waals surface area contributed by atoms with E-state index in [-0.39, 0.29) is 0 Å². The molecular formula is C14H18N4O. The van der Waals surface area contributed by atoms with E-state index in [1.165, 1.54) is 19.3 Å². The molecule has 19 heavy (non-hydrogen) atoms. The number of anilines is 1. The molecule has 2 N–H and O–H groups in total. The molecule has 1 aromatic heterocycles. The monoisotopic (exact) mass is 258 g/mol. The summed E-state index contributed by atoms with van der Waals surface area (Å²) in [6.07, 6.45) is 4.65. The van der Waals surface area contributed by atoms with E-state index < -0.39 is 0 Å². The molecule has 1 aliphatic rings. The van der Waals surface area contributed by atoms with Crippen molar-refractivity contribution < 1.29 is 4.74 Å². The predicted octanol–water partition coefficient (Wildman–Crippen LogP) is 2.26. The van der Waals surface area contributed by atoms with Gasteiger partial charge in [0.05, 0.1) is 12.8 Å². The lowest BCUT2D eigenvalue weighted by atomic mass is 10.1. The van der Waals surface area contributed by atoms with Crippen LogP contribution in [0.1, 0.15) is 25.1 Å². The van der Waals surface area contributed by atoms with Gasteiger partial charge in [-0.25, -0.2) is 0 Å². The molecule has 0 saturated carbocycles. The first kappa shape index (κ1) is 12.0. The van der Waals surface area contributed by atoms with Crippen molar-refractivity contribution in [3.8, 4) is 17.1 Å². The summed E-state index contributed by atoms with van der Waals surface area (Å²) in [5.41, 5.74) is 7.59. The number of nitrogens with two attached hydrogens (primary N) is 1. The van der Waals surface area contributed by atoms with Crippen LogP contribution in [0.15, 0.2) is 18.2 Å². The molecule has 0 atom stereocenters. The fraction of sp³-hybridized carbons (Fsp3) is 0.429. The first-order valence-electron chi connectivity index (χ1n) is 6.65. The second kappa shape index (κ2) is 4.91. The van der Waals surface area contributed by atoms with Crippen LogP contribution >= 0.6 is 0 Å². The molecule has 0 saturated heterocycles. The standard InChI is InChI=1S/C14H18N4O/c1-19-12-7-6-10(9-11(12)15)14-17-16-13-5-3-2-4-8-18(13)14/h6-7,9H,2-5,8,15H2,1H3. The van der Waals surface area contributed by atoms with Crippen LogP contribution in [0.2, 0.25) is 0 Å². The van der Waals surface area contributed by atoms with Crippen LogP contribution in [0.5, 0.6) is 5.75 Å². The molecule has 0 amide bonds. The summed E-state index contributed by atoms with van der Waals surface area (Å²) < 4.78 is 7.40. The van der Waals surface area contributed by atoms with Gasteiger partial charge in [0.2, 0.25) is 0 Å². The molecule has 0 bridgehead atoms.